The van der Waals surface area contributed by atoms with Gasteiger partial charge in [0.25, 0.3) is 0 Å². The van der Waals surface area contributed by atoms with Crippen LogP contribution in [0.15, 0.2) is 48.5 Å². The van der Waals surface area contributed by atoms with E-state index in [4.69, 9.17) is 14.7 Å². The zero-order valence-corrected chi connectivity index (χ0v) is 18.4. The van der Waals surface area contributed by atoms with Gasteiger partial charge in [-0.05, 0) is 43.4 Å². The quantitative estimate of drug-likeness (QED) is 0.380. The van der Waals surface area contributed by atoms with E-state index < -0.39 is 0 Å². The number of likely N-dealkylation sites (N-methyl/N-ethyl adjacent to an activating group) is 1. The molecule has 30 heavy (non-hydrogen) atoms. The second kappa shape index (κ2) is 9.28. The highest BCUT2D eigenvalue weighted by Crippen LogP contribution is 2.36. The summed E-state index contributed by atoms with van der Waals surface area (Å²) in [6, 6.07) is 16.1. The molecule has 4 aromatic rings. The minimum atomic E-state index is 0.832. The van der Waals surface area contributed by atoms with Crippen LogP contribution in [0, 0.1) is 0 Å². The van der Waals surface area contributed by atoms with E-state index in [1.54, 1.807) is 18.4 Å². The molecule has 0 amide bonds. The Hall–Kier alpha value is -2.90. The van der Waals surface area contributed by atoms with Gasteiger partial charge in [-0.25, -0.2) is 9.97 Å². The highest BCUT2D eigenvalue weighted by molar-refractivity contribution is 7.21. The number of hydrogen-bond acceptors (Lipinski definition) is 7. The predicted octanol–water partition coefficient (Wildman–Crippen LogP) is 5.35. The molecule has 156 valence electrons. The van der Waals surface area contributed by atoms with Gasteiger partial charge in [0, 0.05) is 24.2 Å². The van der Waals surface area contributed by atoms with Crippen LogP contribution in [0.2, 0.25) is 0 Å². The van der Waals surface area contributed by atoms with Crippen molar-refractivity contribution in [3.63, 3.8) is 0 Å². The van der Waals surface area contributed by atoms with E-state index in [2.05, 4.69) is 35.4 Å². The molecule has 0 unspecified atom stereocenters. The van der Waals surface area contributed by atoms with Gasteiger partial charge in [0.05, 0.1) is 18.3 Å². The van der Waals surface area contributed by atoms with E-state index in [-0.39, 0.29) is 0 Å². The van der Waals surface area contributed by atoms with Crippen LogP contribution < -0.4 is 15.4 Å². The summed E-state index contributed by atoms with van der Waals surface area (Å²) in [7, 11) is 1.67. The topological polar surface area (TPSA) is 62.3 Å². The Morgan fingerprint density at radius 3 is 2.50 bits per heavy atom. The van der Waals surface area contributed by atoms with Crippen molar-refractivity contribution in [2.75, 3.05) is 43.9 Å². The van der Waals surface area contributed by atoms with Crippen molar-refractivity contribution in [1.82, 2.24) is 14.9 Å². The molecule has 2 heterocycles. The number of para-hydroxylation sites is 1. The lowest BCUT2D eigenvalue weighted by atomic mass is 10.1. The highest BCUT2D eigenvalue weighted by Gasteiger charge is 2.14. The molecule has 0 atom stereocenters. The first kappa shape index (κ1) is 20.4. The van der Waals surface area contributed by atoms with E-state index in [0.717, 1.165) is 69.7 Å². The Labute approximate surface area is 180 Å². The van der Waals surface area contributed by atoms with Gasteiger partial charge < -0.3 is 20.3 Å². The fraction of sp³-hybridized carbons (Fsp3) is 0.304. The average Bonchev–Trinajstić information content (AvgIpc) is 3.19. The van der Waals surface area contributed by atoms with Crippen LogP contribution in [0.5, 0.6) is 5.75 Å². The van der Waals surface area contributed by atoms with E-state index in [9.17, 15) is 0 Å². The molecule has 0 aliphatic carbocycles. The van der Waals surface area contributed by atoms with E-state index in [0.29, 0.717) is 0 Å². The third-order valence-corrected chi connectivity index (χ3v) is 6.11. The largest absolute Gasteiger partial charge is 0.497 e. The van der Waals surface area contributed by atoms with Gasteiger partial charge in [-0.1, -0.05) is 43.4 Å². The summed E-state index contributed by atoms with van der Waals surface area (Å²) in [6.45, 7) is 8.35. The molecule has 2 aromatic heterocycles. The maximum Gasteiger partial charge on any atom is 0.185 e. The summed E-state index contributed by atoms with van der Waals surface area (Å²) in [5.41, 5.74) is 3.81. The maximum atomic E-state index is 5.27. The van der Waals surface area contributed by atoms with Crippen molar-refractivity contribution in [1.29, 1.82) is 0 Å². The molecule has 0 fully saturated rings. The SMILES string of the molecule is CCN(CC)CCNc1nc2c(Nc3ccc(OC)cc3)c3ccccc3nc2s1. The Kier molecular flexibility index (Phi) is 6.30. The monoisotopic (exact) mass is 421 g/mol. The van der Waals surface area contributed by atoms with Crippen molar-refractivity contribution in [2.45, 2.75) is 13.8 Å². The van der Waals surface area contributed by atoms with E-state index in [1.165, 1.54) is 0 Å². The molecular formula is C23H27N5OS. The summed E-state index contributed by atoms with van der Waals surface area (Å²) in [5, 5.41) is 8.99. The fourth-order valence-electron chi connectivity index (χ4n) is 3.45. The molecule has 0 saturated heterocycles. The maximum absolute atomic E-state index is 5.27. The van der Waals surface area contributed by atoms with Gasteiger partial charge in [-0.2, -0.15) is 0 Å². The van der Waals surface area contributed by atoms with Gasteiger partial charge in [-0.3, -0.25) is 0 Å². The van der Waals surface area contributed by atoms with E-state index >= 15 is 0 Å². The molecule has 0 aliphatic heterocycles. The number of fused-ring (bicyclic) bond motifs is 2. The summed E-state index contributed by atoms with van der Waals surface area (Å²) in [4.78, 5) is 13.0. The van der Waals surface area contributed by atoms with Gasteiger partial charge in [0.1, 0.15) is 16.1 Å². The number of thiazole rings is 1. The minimum absolute atomic E-state index is 0.832. The molecule has 2 N–H and O–H groups in total. The highest BCUT2D eigenvalue weighted by atomic mass is 32.1. The van der Waals surface area contributed by atoms with Crippen molar-refractivity contribution in [3.05, 3.63) is 48.5 Å². The summed E-state index contributed by atoms with van der Waals surface area (Å²) < 4.78 is 5.27. The number of aromatic nitrogens is 2. The number of hydrogen-bond donors (Lipinski definition) is 2. The zero-order valence-electron chi connectivity index (χ0n) is 17.6. The van der Waals surface area contributed by atoms with Crippen LogP contribution in [0.3, 0.4) is 0 Å². The third kappa shape index (κ3) is 4.32. The number of rotatable bonds is 9. The van der Waals surface area contributed by atoms with E-state index in [1.807, 2.05) is 42.5 Å². The number of nitrogens with one attached hydrogen (secondary N) is 2. The lowest BCUT2D eigenvalue weighted by molar-refractivity contribution is 0.316. The standard InChI is InChI=1S/C23H27N5OS/c1-4-28(5-2)15-14-24-23-27-21-20(25-16-10-12-17(29-3)13-11-16)18-8-6-7-9-19(18)26-22(21)30-23/h6-13H,4-5,14-15H2,1-3H3,(H,24,27)(H,25,26). The molecule has 0 bridgehead atoms. The number of anilines is 3. The predicted molar refractivity (Wildman–Crippen MR) is 127 cm³/mol. The molecular weight excluding hydrogens is 394 g/mol. The zero-order chi connectivity index (χ0) is 20.9. The Morgan fingerprint density at radius 2 is 1.77 bits per heavy atom. The molecule has 4 rings (SSSR count). The van der Waals surface area contributed by atoms with Crippen LogP contribution >= 0.6 is 11.3 Å². The van der Waals surface area contributed by atoms with Gasteiger partial charge in [0.2, 0.25) is 0 Å². The second-order valence-electron chi connectivity index (χ2n) is 6.98. The lowest BCUT2D eigenvalue weighted by Crippen LogP contribution is -2.28. The molecule has 0 spiro atoms. The molecule has 7 heteroatoms. The van der Waals surface area contributed by atoms with Crippen LogP contribution in [0.4, 0.5) is 16.5 Å². The Morgan fingerprint density at radius 1 is 1.00 bits per heavy atom. The molecule has 2 aromatic carbocycles. The molecule has 0 saturated carbocycles. The molecule has 0 aliphatic rings. The number of benzene rings is 2. The van der Waals surface area contributed by atoms with Crippen molar-refractivity contribution >= 4 is 49.1 Å². The van der Waals surface area contributed by atoms with Crippen LogP contribution in [-0.2, 0) is 0 Å². The van der Waals surface area contributed by atoms with Crippen LogP contribution in [0.25, 0.3) is 21.3 Å². The van der Waals surface area contributed by atoms with Gasteiger partial charge in [-0.15, -0.1) is 0 Å². The van der Waals surface area contributed by atoms with Crippen LogP contribution in [0.1, 0.15) is 13.8 Å². The number of nitrogens with zero attached hydrogens (tertiary/aromatic N) is 3. The fourth-order valence-corrected chi connectivity index (χ4v) is 4.33. The van der Waals surface area contributed by atoms with Crippen molar-refractivity contribution in [2.24, 2.45) is 0 Å². The number of pyridine rings is 1. The Balaban J connectivity index is 1.67. The number of methoxy groups -OCH3 is 1. The normalized spacial score (nSPS) is 11.3. The summed E-state index contributed by atoms with van der Waals surface area (Å²) in [6.07, 6.45) is 0. The first-order valence-electron chi connectivity index (χ1n) is 10.3. The van der Waals surface area contributed by atoms with Crippen molar-refractivity contribution in [3.8, 4) is 5.75 Å². The molecule has 0 radical (unpaired) electrons. The van der Waals surface area contributed by atoms with Gasteiger partial charge in [0.15, 0.2) is 5.13 Å². The second-order valence-corrected chi connectivity index (χ2v) is 7.96. The third-order valence-electron chi connectivity index (χ3n) is 5.20. The molecule has 6 nitrogen and oxygen atoms in total. The van der Waals surface area contributed by atoms with Crippen molar-refractivity contribution < 1.29 is 4.74 Å². The average molecular weight is 422 g/mol. The summed E-state index contributed by atoms with van der Waals surface area (Å²) in [5.74, 6) is 0.832. The van der Waals surface area contributed by atoms with Crippen LogP contribution in [-0.4, -0.2) is 48.2 Å². The first-order chi connectivity index (χ1) is 14.7. The summed E-state index contributed by atoms with van der Waals surface area (Å²) >= 11 is 1.60. The smallest absolute Gasteiger partial charge is 0.185 e. The van der Waals surface area contributed by atoms with Gasteiger partial charge >= 0.3 is 0 Å². The number of ether oxygens (including phenoxy) is 1. The minimum Gasteiger partial charge on any atom is -0.497 e. The lowest BCUT2D eigenvalue weighted by Gasteiger charge is -2.17. The first-order valence-corrected chi connectivity index (χ1v) is 11.1. The Bertz CT molecular complexity index is 1120.